The molecule has 1 amide bonds. The number of benzene rings is 2. The number of aliphatic carboxylic acids is 1. The van der Waals surface area contributed by atoms with Gasteiger partial charge in [-0.2, -0.15) is 0 Å². The average Bonchev–Trinajstić information content (AvgIpc) is 2.48. The molecule has 0 aliphatic carbocycles. The van der Waals surface area contributed by atoms with Gasteiger partial charge in [0, 0.05) is 4.47 Å². The number of nitrogens with one attached hydrogen (secondary N) is 1. The maximum absolute atomic E-state index is 12.1. The molecular formula is C16H12BrNO3. The molecule has 0 fully saturated rings. The van der Waals surface area contributed by atoms with E-state index in [1.165, 1.54) is 6.08 Å². The van der Waals surface area contributed by atoms with Gasteiger partial charge in [-0.15, -0.1) is 0 Å². The van der Waals surface area contributed by atoms with Crippen LogP contribution in [0.2, 0.25) is 0 Å². The van der Waals surface area contributed by atoms with Crippen LogP contribution in [0.4, 0.5) is 0 Å². The third-order valence-electron chi connectivity index (χ3n) is 2.71. The predicted octanol–water partition coefficient (Wildman–Crippen LogP) is 3.30. The highest BCUT2D eigenvalue weighted by Crippen LogP contribution is 2.16. The first-order valence-electron chi connectivity index (χ1n) is 6.14. The van der Waals surface area contributed by atoms with Crippen molar-refractivity contribution in [3.05, 3.63) is 75.9 Å². The first-order chi connectivity index (χ1) is 10.1. The van der Waals surface area contributed by atoms with E-state index in [2.05, 4.69) is 21.2 Å². The van der Waals surface area contributed by atoms with E-state index in [1.54, 1.807) is 48.5 Å². The average molecular weight is 346 g/mol. The second-order valence-corrected chi connectivity index (χ2v) is 5.06. The Kier molecular flexibility index (Phi) is 4.90. The van der Waals surface area contributed by atoms with E-state index in [0.29, 0.717) is 15.6 Å². The fourth-order valence-corrected chi connectivity index (χ4v) is 2.17. The summed E-state index contributed by atoms with van der Waals surface area (Å²) in [5, 5.41) is 11.6. The van der Waals surface area contributed by atoms with Gasteiger partial charge in [0.1, 0.15) is 5.70 Å². The Balaban J connectivity index is 2.26. The number of carbonyl (C=O) groups excluding carboxylic acids is 1. The van der Waals surface area contributed by atoms with Gasteiger partial charge >= 0.3 is 5.97 Å². The summed E-state index contributed by atoms with van der Waals surface area (Å²) in [4.78, 5) is 23.4. The molecule has 0 atom stereocenters. The number of amides is 1. The molecule has 21 heavy (non-hydrogen) atoms. The quantitative estimate of drug-likeness (QED) is 0.835. The third-order valence-corrected chi connectivity index (χ3v) is 3.40. The fourth-order valence-electron chi connectivity index (χ4n) is 1.70. The van der Waals surface area contributed by atoms with Crippen LogP contribution in [0, 0.1) is 0 Å². The van der Waals surface area contributed by atoms with Gasteiger partial charge in [-0.05, 0) is 39.7 Å². The highest BCUT2D eigenvalue weighted by Gasteiger charge is 2.15. The lowest BCUT2D eigenvalue weighted by Crippen LogP contribution is -2.27. The first-order valence-corrected chi connectivity index (χ1v) is 6.93. The van der Waals surface area contributed by atoms with Crippen molar-refractivity contribution in [3.8, 4) is 0 Å². The highest BCUT2D eigenvalue weighted by molar-refractivity contribution is 9.10. The van der Waals surface area contributed by atoms with Crippen molar-refractivity contribution in [1.82, 2.24) is 5.32 Å². The summed E-state index contributed by atoms with van der Waals surface area (Å²) in [6.45, 7) is 0. The van der Waals surface area contributed by atoms with Crippen molar-refractivity contribution in [2.45, 2.75) is 0 Å². The van der Waals surface area contributed by atoms with Crippen LogP contribution in [0.25, 0.3) is 6.08 Å². The van der Waals surface area contributed by atoms with E-state index in [9.17, 15) is 14.7 Å². The smallest absolute Gasteiger partial charge is 0.352 e. The van der Waals surface area contributed by atoms with Gasteiger partial charge < -0.3 is 10.4 Å². The number of rotatable bonds is 4. The standard InChI is InChI=1S/C16H12BrNO3/c17-13-9-5-4-8-12(13)15(19)18-14(16(20)21)10-11-6-2-1-3-7-11/h1-10H,(H,18,19)(H,20,21)/b14-10+. The number of carboxylic acids is 1. The van der Waals surface area contributed by atoms with Crippen LogP contribution < -0.4 is 5.32 Å². The number of hydrogen-bond donors (Lipinski definition) is 2. The molecular weight excluding hydrogens is 334 g/mol. The van der Waals surface area contributed by atoms with Gasteiger partial charge in [-0.1, -0.05) is 42.5 Å². The molecule has 0 aliphatic rings. The molecule has 0 saturated heterocycles. The number of halogens is 1. The van der Waals surface area contributed by atoms with Crippen LogP contribution in [-0.2, 0) is 4.79 Å². The van der Waals surface area contributed by atoms with Gasteiger partial charge in [-0.25, -0.2) is 4.79 Å². The minimum Gasteiger partial charge on any atom is -0.477 e. The molecule has 0 unspecified atom stereocenters. The zero-order valence-corrected chi connectivity index (χ0v) is 12.5. The lowest BCUT2D eigenvalue weighted by molar-refractivity contribution is -0.132. The summed E-state index contributed by atoms with van der Waals surface area (Å²) in [5.41, 5.74) is 0.891. The van der Waals surface area contributed by atoms with Gasteiger partial charge in [0.2, 0.25) is 0 Å². The second-order valence-electron chi connectivity index (χ2n) is 4.21. The highest BCUT2D eigenvalue weighted by atomic mass is 79.9. The molecule has 0 saturated carbocycles. The molecule has 0 spiro atoms. The summed E-state index contributed by atoms with van der Waals surface area (Å²) < 4.78 is 0.604. The normalized spacial score (nSPS) is 11.0. The SMILES string of the molecule is O=C(O)/C(=C\c1ccccc1)NC(=O)c1ccccc1Br. The van der Waals surface area contributed by atoms with Crippen molar-refractivity contribution >= 4 is 33.9 Å². The topological polar surface area (TPSA) is 66.4 Å². The van der Waals surface area contributed by atoms with Crippen LogP contribution >= 0.6 is 15.9 Å². The Morgan fingerprint density at radius 1 is 1.00 bits per heavy atom. The van der Waals surface area contributed by atoms with Gasteiger partial charge in [-0.3, -0.25) is 4.79 Å². The number of hydrogen-bond acceptors (Lipinski definition) is 2. The molecule has 2 aromatic carbocycles. The molecule has 2 aromatic rings. The lowest BCUT2D eigenvalue weighted by Gasteiger charge is -2.07. The molecule has 0 aliphatic heterocycles. The van der Waals surface area contributed by atoms with Crippen LogP contribution in [-0.4, -0.2) is 17.0 Å². The van der Waals surface area contributed by atoms with Crippen LogP contribution in [0.15, 0.2) is 64.8 Å². The van der Waals surface area contributed by atoms with Gasteiger partial charge in [0.05, 0.1) is 5.56 Å². The molecule has 2 rings (SSSR count). The Labute approximate surface area is 130 Å². The number of carboxylic acid groups (broad SMARTS) is 1. The van der Waals surface area contributed by atoms with Crippen LogP contribution in [0.3, 0.4) is 0 Å². The molecule has 0 bridgehead atoms. The molecule has 5 heteroatoms. The van der Waals surface area contributed by atoms with E-state index < -0.39 is 11.9 Å². The largest absolute Gasteiger partial charge is 0.477 e. The van der Waals surface area contributed by atoms with Crippen molar-refractivity contribution in [2.75, 3.05) is 0 Å². The van der Waals surface area contributed by atoms with Crippen molar-refractivity contribution in [3.63, 3.8) is 0 Å². The van der Waals surface area contributed by atoms with Crippen molar-refractivity contribution < 1.29 is 14.7 Å². The zero-order valence-electron chi connectivity index (χ0n) is 10.9. The van der Waals surface area contributed by atoms with E-state index in [4.69, 9.17) is 0 Å². The Morgan fingerprint density at radius 3 is 2.24 bits per heavy atom. The van der Waals surface area contributed by atoms with Crippen molar-refractivity contribution in [1.29, 1.82) is 0 Å². The van der Waals surface area contributed by atoms with E-state index in [-0.39, 0.29) is 5.70 Å². The maximum atomic E-state index is 12.1. The summed E-state index contributed by atoms with van der Waals surface area (Å²) in [6, 6.07) is 15.7. The monoisotopic (exact) mass is 345 g/mol. The summed E-state index contributed by atoms with van der Waals surface area (Å²) in [6.07, 6.45) is 1.41. The van der Waals surface area contributed by atoms with Gasteiger partial charge in [0.15, 0.2) is 0 Å². The third kappa shape index (κ3) is 4.03. The summed E-state index contributed by atoms with van der Waals surface area (Å²) >= 11 is 3.26. The molecule has 2 N–H and O–H groups in total. The van der Waals surface area contributed by atoms with E-state index in [1.807, 2.05) is 6.07 Å². The lowest BCUT2D eigenvalue weighted by atomic mass is 10.1. The first kappa shape index (κ1) is 15.0. The predicted molar refractivity (Wildman–Crippen MR) is 83.7 cm³/mol. The Bertz CT molecular complexity index is 696. The minimum atomic E-state index is -1.20. The van der Waals surface area contributed by atoms with Crippen LogP contribution in [0.1, 0.15) is 15.9 Å². The van der Waals surface area contributed by atoms with E-state index >= 15 is 0 Å². The molecule has 0 radical (unpaired) electrons. The van der Waals surface area contributed by atoms with Gasteiger partial charge in [0.25, 0.3) is 5.91 Å². The Morgan fingerprint density at radius 2 is 1.62 bits per heavy atom. The molecule has 4 nitrogen and oxygen atoms in total. The fraction of sp³-hybridized carbons (Fsp3) is 0. The van der Waals surface area contributed by atoms with Crippen molar-refractivity contribution in [2.24, 2.45) is 0 Å². The second kappa shape index (κ2) is 6.85. The van der Waals surface area contributed by atoms with E-state index in [0.717, 1.165) is 0 Å². The maximum Gasteiger partial charge on any atom is 0.352 e. The Hall–Kier alpha value is -2.40. The number of carbonyl (C=O) groups is 2. The van der Waals surface area contributed by atoms with Crippen LogP contribution in [0.5, 0.6) is 0 Å². The summed E-state index contributed by atoms with van der Waals surface area (Å²) in [7, 11) is 0. The molecule has 106 valence electrons. The molecule has 0 aromatic heterocycles. The zero-order chi connectivity index (χ0) is 15.2. The molecule has 0 heterocycles. The minimum absolute atomic E-state index is 0.179. The summed E-state index contributed by atoms with van der Waals surface area (Å²) in [5.74, 6) is -1.67.